The van der Waals surface area contributed by atoms with Crippen LogP contribution in [0, 0.1) is 0 Å². The van der Waals surface area contributed by atoms with Gasteiger partial charge in [-0.3, -0.25) is 9.05 Å². The highest BCUT2D eigenvalue weighted by Gasteiger charge is 2.58. The van der Waals surface area contributed by atoms with Crippen LogP contribution in [0.3, 0.4) is 0 Å². The predicted molar refractivity (Wildman–Crippen MR) is 148 cm³/mol. The summed E-state index contributed by atoms with van der Waals surface area (Å²) in [5.74, 6) is 0.645. The van der Waals surface area contributed by atoms with E-state index in [1.807, 2.05) is 0 Å². The van der Waals surface area contributed by atoms with Gasteiger partial charge in [-0.2, -0.15) is 12.6 Å². The molecule has 1 saturated carbocycles. The fraction of sp³-hybridized carbons (Fsp3) is 1.00. The molecule has 0 aromatic heterocycles. The number of phosphoric ester groups is 1. The maximum atomic E-state index is 13.0. The van der Waals surface area contributed by atoms with Crippen molar-refractivity contribution in [1.29, 1.82) is 0 Å². The van der Waals surface area contributed by atoms with Crippen molar-refractivity contribution < 1.29 is 93.6 Å². The number of hydrogen-bond donors (Lipinski definition) is 13. The monoisotopic (exact) mass is 700 g/mol. The Hall–Kier alpha value is -0.140. The molecule has 266 valence electrons. The van der Waals surface area contributed by atoms with Crippen molar-refractivity contribution in [2.45, 2.75) is 124 Å². The molecule has 0 amide bonds. The molecule has 3 fully saturated rings. The van der Waals surface area contributed by atoms with E-state index in [0.29, 0.717) is 18.6 Å². The fourth-order valence-corrected chi connectivity index (χ4v) is 6.39. The summed E-state index contributed by atoms with van der Waals surface area (Å²) in [7, 11) is -5.13. The molecule has 1 aliphatic carbocycles. The van der Waals surface area contributed by atoms with Gasteiger partial charge in [0.2, 0.25) is 0 Å². The number of ether oxygens (including phenoxy) is 4. The Kier molecular flexibility index (Phi) is 15.3. The number of rotatable bonds is 15. The second-order valence-corrected chi connectivity index (χ2v) is 12.9. The summed E-state index contributed by atoms with van der Waals surface area (Å²) < 4.78 is 45.1. The Balaban J connectivity index is 1.92. The summed E-state index contributed by atoms with van der Waals surface area (Å²) >= 11 is 4.10. The first-order chi connectivity index (χ1) is 21.2. The van der Waals surface area contributed by atoms with Crippen LogP contribution in [-0.2, 0) is 32.6 Å². The minimum atomic E-state index is -5.13. The lowest BCUT2D eigenvalue weighted by atomic mass is 9.84. The van der Waals surface area contributed by atoms with Gasteiger partial charge in [0, 0.05) is 0 Å². The molecule has 0 spiro atoms. The molecule has 0 bridgehead atoms. The number of aliphatic hydroxyl groups excluding tert-OH is 11. The summed E-state index contributed by atoms with van der Waals surface area (Å²) in [4.78, 5) is 10.6. The maximum absolute atomic E-state index is 13.0. The molecule has 3 rings (SSSR count). The molecule has 0 aromatic rings. The van der Waals surface area contributed by atoms with E-state index in [1.54, 1.807) is 0 Å². The van der Waals surface area contributed by atoms with E-state index in [9.17, 15) is 65.6 Å². The number of unbranched alkanes of at least 4 members (excludes halogenated alkanes) is 3. The SMILES string of the molecule is O=P(O)(OCCCCCCS)OC1C(O[C@H]2OC(CO)[C@@H](O)C(O)[C@H]2O)C(O)C(O)[C@@H](O)C1O[C@H]1OC(CO)[C@@H](O)C(O)[C@H]1O. The average Bonchev–Trinajstić information content (AvgIpc) is 3.01. The number of aliphatic hydroxyl groups is 11. The smallest absolute Gasteiger partial charge is 0.394 e. The van der Waals surface area contributed by atoms with Gasteiger partial charge in [-0.15, -0.1) is 0 Å². The van der Waals surface area contributed by atoms with E-state index in [-0.39, 0.29) is 6.61 Å². The van der Waals surface area contributed by atoms with Crippen LogP contribution in [0.5, 0.6) is 0 Å². The second-order valence-electron chi connectivity index (χ2n) is 11.1. The average molecular weight is 701 g/mol. The predicted octanol–water partition coefficient (Wildman–Crippen LogP) is -5.55. The van der Waals surface area contributed by atoms with E-state index in [0.717, 1.165) is 12.8 Å². The summed E-state index contributed by atoms with van der Waals surface area (Å²) in [5.41, 5.74) is 0. The number of hydrogen-bond acceptors (Lipinski definition) is 19. The molecule has 10 unspecified atom stereocenters. The third-order valence-corrected chi connectivity index (χ3v) is 9.20. The van der Waals surface area contributed by atoms with Crippen LogP contribution < -0.4 is 0 Å². The lowest BCUT2D eigenvalue weighted by molar-refractivity contribution is -0.360. The Morgan fingerprint density at radius 2 is 1.00 bits per heavy atom. The van der Waals surface area contributed by atoms with Gasteiger partial charge in [0.05, 0.1) is 19.8 Å². The summed E-state index contributed by atoms with van der Waals surface area (Å²) in [5, 5.41) is 113. The van der Waals surface area contributed by atoms with E-state index < -0.39 is 119 Å². The van der Waals surface area contributed by atoms with Gasteiger partial charge >= 0.3 is 7.82 Å². The zero-order valence-electron chi connectivity index (χ0n) is 24.0. The van der Waals surface area contributed by atoms with Crippen LogP contribution >= 0.6 is 20.5 Å². The Bertz CT molecular complexity index is 883. The highest BCUT2D eigenvalue weighted by Crippen LogP contribution is 2.48. The van der Waals surface area contributed by atoms with Crippen LogP contribution in [0.1, 0.15) is 25.7 Å². The van der Waals surface area contributed by atoms with Gasteiger partial charge in [-0.25, -0.2) is 4.57 Å². The minimum absolute atomic E-state index is 0.280. The van der Waals surface area contributed by atoms with Crippen molar-refractivity contribution in [1.82, 2.24) is 0 Å². The largest absolute Gasteiger partial charge is 0.472 e. The molecule has 21 heteroatoms. The normalized spacial score (nSPS) is 45.7. The van der Waals surface area contributed by atoms with Gasteiger partial charge in [0.15, 0.2) is 12.6 Å². The van der Waals surface area contributed by atoms with Crippen molar-refractivity contribution in [3.8, 4) is 0 Å². The van der Waals surface area contributed by atoms with E-state index in [1.165, 1.54) is 0 Å². The fourth-order valence-electron chi connectivity index (χ4n) is 5.20. The first-order valence-corrected chi connectivity index (χ1v) is 16.5. The van der Waals surface area contributed by atoms with Crippen LogP contribution in [0.15, 0.2) is 0 Å². The topological polar surface area (TPSA) is 315 Å². The first kappa shape index (κ1) is 39.3. The summed E-state index contributed by atoms with van der Waals surface area (Å²) in [6.45, 7) is -2.01. The van der Waals surface area contributed by atoms with Gasteiger partial charge in [-0.1, -0.05) is 12.8 Å². The third-order valence-electron chi connectivity index (χ3n) is 7.86. The van der Waals surface area contributed by atoms with E-state index in [4.69, 9.17) is 28.0 Å². The molecule has 2 aliphatic heterocycles. The number of thiol groups is 1. The van der Waals surface area contributed by atoms with Crippen LogP contribution in [0.2, 0.25) is 0 Å². The van der Waals surface area contributed by atoms with Gasteiger partial charge < -0.3 is 80.0 Å². The summed E-state index contributed by atoms with van der Waals surface area (Å²) in [6.07, 6.45) is -28.9. The standard InChI is InChI=1S/C24H45O19PS/c25-7-9-11(27)13(29)18(34)23(39-9)41-20-16(32)15(31)17(33)21(42-24-19(35)14(30)12(28)10(8-26)40-24)22(20)43-44(36,37)38-5-3-1-2-4-6-45/h9-35,45H,1-8H2,(H,36,37)/t9?,10?,11-,12-,13?,14?,15?,16-,17?,18-,19-,20?,21?,22?,23-,24-/m1/s1. The Morgan fingerprint density at radius 1 is 0.578 bits per heavy atom. The maximum Gasteiger partial charge on any atom is 0.472 e. The molecule has 2 heterocycles. The number of phosphoric acid groups is 1. The molecule has 45 heavy (non-hydrogen) atoms. The molecule has 12 N–H and O–H groups in total. The molecule has 17 atom stereocenters. The molecule has 3 aliphatic rings. The molecular weight excluding hydrogens is 655 g/mol. The molecule has 2 saturated heterocycles. The van der Waals surface area contributed by atoms with Crippen molar-refractivity contribution in [2.24, 2.45) is 0 Å². The second kappa shape index (κ2) is 17.5. The first-order valence-electron chi connectivity index (χ1n) is 14.4. The summed E-state index contributed by atoms with van der Waals surface area (Å²) in [6, 6.07) is 0. The van der Waals surface area contributed by atoms with Gasteiger partial charge in [0.1, 0.15) is 85.5 Å². The molecule has 0 radical (unpaired) electrons. The van der Waals surface area contributed by atoms with Crippen molar-refractivity contribution in [2.75, 3.05) is 25.6 Å². The Morgan fingerprint density at radius 3 is 1.42 bits per heavy atom. The lowest BCUT2D eigenvalue weighted by Crippen LogP contribution is -2.69. The minimum Gasteiger partial charge on any atom is -0.394 e. The van der Waals surface area contributed by atoms with Gasteiger partial charge in [0.25, 0.3) is 0 Å². The van der Waals surface area contributed by atoms with E-state index >= 15 is 0 Å². The zero-order valence-corrected chi connectivity index (χ0v) is 25.8. The third kappa shape index (κ3) is 9.52. The quantitative estimate of drug-likeness (QED) is 0.0430. The molecule has 0 aromatic carbocycles. The van der Waals surface area contributed by atoms with Crippen molar-refractivity contribution in [3.63, 3.8) is 0 Å². The molecule has 19 nitrogen and oxygen atoms in total. The Labute approximate surface area is 263 Å². The van der Waals surface area contributed by atoms with Crippen LogP contribution in [-0.4, -0.2) is 185 Å². The molecular formula is C24H45O19PS. The van der Waals surface area contributed by atoms with Crippen molar-refractivity contribution >= 4 is 20.5 Å². The highest BCUT2D eigenvalue weighted by molar-refractivity contribution is 7.80. The van der Waals surface area contributed by atoms with Gasteiger partial charge in [-0.05, 0) is 18.6 Å². The van der Waals surface area contributed by atoms with Crippen LogP contribution in [0.4, 0.5) is 0 Å². The van der Waals surface area contributed by atoms with Crippen molar-refractivity contribution in [3.05, 3.63) is 0 Å². The highest BCUT2D eigenvalue weighted by atomic mass is 32.1. The van der Waals surface area contributed by atoms with Crippen LogP contribution in [0.25, 0.3) is 0 Å². The zero-order chi connectivity index (χ0) is 33.6. The van der Waals surface area contributed by atoms with E-state index in [2.05, 4.69) is 12.6 Å². The lowest BCUT2D eigenvalue weighted by Gasteiger charge is -2.49.